The zero-order valence-corrected chi connectivity index (χ0v) is 17.2. The lowest BCUT2D eigenvalue weighted by Crippen LogP contribution is -2.43. The van der Waals surface area contributed by atoms with Crippen LogP contribution in [-0.2, 0) is 0 Å². The summed E-state index contributed by atoms with van der Waals surface area (Å²) in [6, 6.07) is 14.8. The van der Waals surface area contributed by atoms with Crippen LogP contribution in [0.1, 0.15) is 49.3 Å². The highest BCUT2D eigenvalue weighted by molar-refractivity contribution is 5.94. The van der Waals surface area contributed by atoms with Crippen LogP contribution in [0.3, 0.4) is 0 Å². The number of hydrogen-bond acceptors (Lipinski definition) is 3. The van der Waals surface area contributed by atoms with Crippen LogP contribution in [0.5, 0.6) is 0 Å². The molecule has 1 aliphatic carbocycles. The fourth-order valence-electron chi connectivity index (χ4n) is 4.35. The topological polar surface area (TPSA) is 64.0 Å². The van der Waals surface area contributed by atoms with Gasteiger partial charge in [-0.15, -0.1) is 0 Å². The standard InChI is InChI=1S/C24H27N3O2/c1-15-7-6-10-21(16(15)2)26-23(28)18-11-13-19(14-12-18)27-17(3)25-22-9-5-4-8-20(22)24(27)29/h4-5,8-9,11-16,21H,6-7,10H2,1-3H3,(H,26,28). The van der Waals surface area contributed by atoms with Gasteiger partial charge in [0.25, 0.3) is 11.5 Å². The van der Waals surface area contributed by atoms with E-state index in [2.05, 4.69) is 24.1 Å². The summed E-state index contributed by atoms with van der Waals surface area (Å²) < 4.78 is 1.59. The predicted octanol–water partition coefficient (Wildman–Crippen LogP) is 4.25. The number of amides is 1. The Morgan fingerprint density at radius 1 is 1.07 bits per heavy atom. The van der Waals surface area contributed by atoms with Crippen molar-refractivity contribution in [2.45, 2.75) is 46.1 Å². The molecule has 0 spiro atoms. The molecule has 1 heterocycles. The molecule has 1 aromatic heterocycles. The van der Waals surface area contributed by atoms with Crippen LogP contribution in [0, 0.1) is 18.8 Å². The molecule has 3 unspecified atom stereocenters. The number of nitrogens with one attached hydrogen (secondary N) is 1. The molecule has 2 aromatic carbocycles. The second-order valence-electron chi connectivity index (χ2n) is 8.21. The Hall–Kier alpha value is -2.95. The lowest BCUT2D eigenvalue weighted by molar-refractivity contribution is 0.0891. The lowest BCUT2D eigenvalue weighted by Gasteiger charge is -2.34. The smallest absolute Gasteiger partial charge is 0.265 e. The van der Waals surface area contributed by atoms with E-state index in [4.69, 9.17) is 0 Å². The fraction of sp³-hybridized carbons (Fsp3) is 0.375. The number of carbonyl (C=O) groups excluding carboxylic acids is 1. The number of hydrogen-bond donors (Lipinski definition) is 1. The highest BCUT2D eigenvalue weighted by atomic mass is 16.1. The fourth-order valence-corrected chi connectivity index (χ4v) is 4.35. The van der Waals surface area contributed by atoms with Crippen molar-refractivity contribution in [3.8, 4) is 5.69 Å². The average molecular weight is 389 g/mol. The zero-order valence-electron chi connectivity index (χ0n) is 17.2. The van der Waals surface area contributed by atoms with E-state index in [0.29, 0.717) is 39.8 Å². The minimum Gasteiger partial charge on any atom is -0.349 e. The summed E-state index contributed by atoms with van der Waals surface area (Å²) in [6.07, 6.45) is 3.43. The molecular weight excluding hydrogens is 362 g/mol. The molecule has 3 aromatic rings. The average Bonchev–Trinajstić information content (AvgIpc) is 2.72. The van der Waals surface area contributed by atoms with Gasteiger partial charge in [0.2, 0.25) is 0 Å². The highest BCUT2D eigenvalue weighted by Crippen LogP contribution is 2.29. The van der Waals surface area contributed by atoms with E-state index in [1.807, 2.05) is 37.3 Å². The van der Waals surface area contributed by atoms with Crippen LogP contribution < -0.4 is 10.9 Å². The quantitative estimate of drug-likeness (QED) is 0.728. The van der Waals surface area contributed by atoms with E-state index in [9.17, 15) is 9.59 Å². The van der Waals surface area contributed by atoms with Crippen molar-refractivity contribution in [3.63, 3.8) is 0 Å². The lowest BCUT2D eigenvalue weighted by atomic mass is 9.78. The monoisotopic (exact) mass is 389 g/mol. The van der Waals surface area contributed by atoms with Gasteiger partial charge in [0.15, 0.2) is 0 Å². The summed E-state index contributed by atoms with van der Waals surface area (Å²) in [5.41, 5.74) is 1.91. The molecule has 0 radical (unpaired) electrons. The summed E-state index contributed by atoms with van der Waals surface area (Å²) in [7, 11) is 0. The minimum atomic E-state index is -0.102. The van der Waals surface area contributed by atoms with Crippen molar-refractivity contribution in [2.24, 2.45) is 11.8 Å². The maximum absolute atomic E-state index is 12.9. The first-order valence-corrected chi connectivity index (χ1v) is 10.4. The third-order valence-electron chi connectivity index (χ3n) is 6.35. The van der Waals surface area contributed by atoms with Crippen molar-refractivity contribution >= 4 is 16.8 Å². The third kappa shape index (κ3) is 3.69. The SMILES string of the molecule is Cc1nc2ccccc2c(=O)n1-c1ccc(C(=O)NC2CCCC(C)C2C)cc1. The summed E-state index contributed by atoms with van der Waals surface area (Å²) in [4.78, 5) is 30.2. The molecule has 5 heteroatoms. The van der Waals surface area contributed by atoms with Crippen molar-refractivity contribution < 1.29 is 4.79 Å². The molecule has 0 saturated heterocycles. The number of para-hydroxylation sites is 1. The van der Waals surface area contributed by atoms with Gasteiger partial charge in [-0.25, -0.2) is 4.98 Å². The number of aryl methyl sites for hydroxylation is 1. The number of benzene rings is 2. The summed E-state index contributed by atoms with van der Waals surface area (Å²) in [5, 5.41) is 3.79. The molecule has 1 fully saturated rings. The largest absolute Gasteiger partial charge is 0.349 e. The van der Waals surface area contributed by atoms with E-state index in [1.165, 1.54) is 6.42 Å². The van der Waals surface area contributed by atoms with Crippen LogP contribution in [0.4, 0.5) is 0 Å². The second kappa shape index (κ2) is 7.82. The molecule has 29 heavy (non-hydrogen) atoms. The van der Waals surface area contributed by atoms with Gasteiger partial charge in [0, 0.05) is 11.6 Å². The van der Waals surface area contributed by atoms with Gasteiger partial charge >= 0.3 is 0 Å². The molecule has 4 rings (SSSR count). The Balaban J connectivity index is 1.59. The molecule has 1 N–H and O–H groups in total. The van der Waals surface area contributed by atoms with Gasteiger partial charge in [0.1, 0.15) is 5.82 Å². The van der Waals surface area contributed by atoms with Gasteiger partial charge in [-0.1, -0.05) is 38.8 Å². The van der Waals surface area contributed by atoms with Crippen LogP contribution in [0.25, 0.3) is 16.6 Å². The second-order valence-corrected chi connectivity index (χ2v) is 8.21. The van der Waals surface area contributed by atoms with Gasteiger partial charge in [-0.05, 0) is 61.6 Å². The van der Waals surface area contributed by atoms with E-state index in [-0.39, 0.29) is 17.5 Å². The van der Waals surface area contributed by atoms with Crippen LogP contribution in [0.2, 0.25) is 0 Å². The van der Waals surface area contributed by atoms with Gasteiger partial charge < -0.3 is 5.32 Å². The summed E-state index contributed by atoms with van der Waals surface area (Å²) in [5.74, 6) is 1.68. The Bertz CT molecular complexity index is 1100. The molecule has 0 aliphatic heterocycles. The maximum atomic E-state index is 12.9. The number of aromatic nitrogens is 2. The van der Waals surface area contributed by atoms with E-state index in [0.717, 1.165) is 12.8 Å². The van der Waals surface area contributed by atoms with Crippen molar-refractivity contribution in [1.82, 2.24) is 14.9 Å². The normalized spacial score (nSPS) is 21.8. The molecule has 1 saturated carbocycles. The first kappa shape index (κ1) is 19.4. The minimum absolute atomic E-state index is 0.0526. The van der Waals surface area contributed by atoms with Crippen LogP contribution >= 0.6 is 0 Å². The molecule has 0 bridgehead atoms. The van der Waals surface area contributed by atoms with Crippen LogP contribution in [0.15, 0.2) is 53.3 Å². The molecular formula is C24H27N3O2. The van der Waals surface area contributed by atoms with Crippen molar-refractivity contribution in [1.29, 1.82) is 0 Å². The highest BCUT2D eigenvalue weighted by Gasteiger charge is 2.28. The zero-order chi connectivity index (χ0) is 20.5. The van der Waals surface area contributed by atoms with Crippen LogP contribution in [-0.4, -0.2) is 21.5 Å². The molecule has 150 valence electrons. The predicted molar refractivity (Wildman–Crippen MR) is 116 cm³/mol. The van der Waals surface area contributed by atoms with E-state index in [1.54, 1.807) is 22.8 Å². The Morgan fingerprint density at radius 2 is 1.79 bits per heavy atom. The third-order valence-corrected chi connectivity index (χ3v) is 6.35. The summed E-state index contributed by atoms with van der Waals surface area (Å²) >= 11 is 0. The van der Waals surface area contributed by atoms with Gasteiger partial charge in [-0.2, -0.15) is 0 Å². The number of fused-ring (bicyclic) bond motifs is 1. The molecule has 1 aliphatic rings. The van der Waals surface area contributed by atoms with Gasteiger partial charge in [-0.3, -0.25) is 14.2 Å². The number of rotatable bonds is 3. The first-order chi connectivity index (χ1) is 14.0. The Morgan fingerprint density at radius 3 is 2.55 bits per heavy atom. The Labute approximate surface area is 170 Å². The maximum Gasteiger partial charge on any atom is 0.265 e. The van der Waals surface area contributed by atoms with E-state index >= 15 is 0 Å². The number of nitrogens with zero attached hydrogens (tertiary/aromatic N) is 2. The Kier molecular flexibility index (Phi) is 5.22. The van der Waals surface area contributed by atoms with E-state index < -0.39 is 0 Å². The first-order valence-electron chi connectivity index (χ1n) is 10.4. The van der Waals surface area contributed by atoms with Crippen molar-refractivity contribution in [2.75, 3.05) is 0 Å². The van der Waals surface area contributed by atoms with Gasteiger partial charge in [0.05, 0.1) is 16.6 Å². The molecule has 1 amide bonds. The summed E-state index contributed by atoms with van der Waals surface area (Å²) in [6.45, 7) is 6.30. The number of carbonyl (C=O) groups is 1. The van der Waals surface area contributed by atoms with Crippen molar-refractivity contribution in [3.05, 3.63) is 70.3 Å². The molecule has 3 atom stereocenters. The molecule has 5 nitrogen and oxygen atoms in total.